The van der Waals surface area contributed by atoms with Crippen molar-refractivity contribution in [3.8, 4) is 0 Å². The highest BCUT2D eigenvalue weighted by Crippen LogP contribution is 2.33. The molecule has 1 heterocycles. The van der Waals surface area contributed by atoms with Gasteiger partial charge >= 0.3 is 0 Å². The van der Waals surface area contributed by atoms with Crippen LogP contribution in [-0.2, 0) is 0 Å². The van der Waals surface area contributed by atoms with Crippen LogP contribution in [0, 0.1) is 0 Å². The fraction of sp³-hybridized carbons (Fsp3) is 0. The van der Waals surface area contributed by atoms with Gasteiger partial charge in [-0.25, -0.2) is 4.98 Å². The van der Waals surface area contributed by atoms with Crippen molar-refractivity contribution in [2.45, 2.75) is 9.79 Å². The minimum atomic E-state index is -0.311. The molecule has 2 N–H and O–H groups in total. The summed E-state index contributed by atoms with van der Waals surface area (Å²) >= 11 is 1.59. The molecular formula is C15H12N4OS. The molecule has 0 saturated carbocycles. The highest BCUT2D eigenvalue weighted by molar-refractivity contribution is 7.99. The zero-order valence-electron chi connectivity index (χ0n) is 11.0. The predicted octanol–water partition coefficient (Wildman–Crippen LogP) is 3.21. The van der Waals surface area contributed by atoms with Gasteiger partial charge in [0.1, 0.15) is 6.33 Å². The fourth-order valence-electron chi connectivity index (χ4n) is 1.77. The molecule has 5 nitrogen and oxygen atoms in total. The summed E-state index contributed by atoms with van der Waals surface area (Å²) in [5.74, 6) is -0.122. The van der Waals surface area contributed by atoms with Crippen molar-refractivity contribution < 1.29 is 4.79 Å². The molecule has 0 saturated heterocycles. The average molecular weight is 296 g/mol. The van der Waals surface area contributed by atoms with Crippen LogP contribution in [0.3, 0.4) is 0 Å². The molecule has 0 radical (unpaired) electrons. The van der Waals surface area contributed by atoms with Gasteiger partial charge in [-0.3, -0.25) is 9.89 Å². The summed E-state index contributed by atoms with van der Waals surface area (Å²) in [6, 6.07) is 17.6. The molecule has 0 aliphatic carbocycles. The first-order valence-electron chi connectivity index (χ1n) is 6.31. The molecule has 0 fully saturated rings. The Labute approximate surface area is 125 Å². The second-order valence-electron chi connectivity index (χ2n) is 4.20. The van der Waals surface area contributed by atoms with Crippen LogP contribution in [0.25, 0.3) is 0 Å². The van der Waals surface area contributed by atoms with Crippen LogP contribution in [0.2, 0.25) is 0 Å². The first-order chi connectivity index (χ1) is 10.3. The molecule has 0 atom stereocenters. The van der Waals surface area contributed by atoms with Crippen molar-refractivity contribution in [1.29, 1.82) is 0 Å². The maximum absolute atomic E-state index is 12.0. The van der Waals surface area contributed by atoms with E-state index in [9.17, 15) is 4.79 Å². The first kappa shape index (κ1) is 13.4. The van der Waals surface area contributed by atoms with E-state index in [-0.39, 0.29) is 11.7 Å². The number of carbonyl (C=O) groups is 1. The Balaban J connectivity index is 1.81. The molecule has 0 aliphatic rings. The summed E-state index contributed by atoms with van der Waals surface area (Å²) in [6.45, 7) is 0. The summed E-state index contributed by atoms with van der Waals surface area (Å²) in [7, 11) is 0. The monoisotopic (exact) mass is 296 g/mol. The Morgan fingerprint density at radius 2 is 1.81 bits per heavy atom. The standard InChI is InChI=1S/C15H12N4OS/c20-15(14-16-10-17-19-14)18-12-8-4-5-9-13(12)21-11-6-2-1-3-7-11/h1-10H,(H,18,20)(H,16,17,19). The average Bonchev–Trinajstić information content (AvgIpc) is 3.05. The number of carbonyl (C=O) groups excluding carboxylic acids is 1. The van der Waals surface area contributed by atoms with Crippen molar-refractivity contribution in [2.24, 2.45) is 0 Å². The van der Waals surface area contributed by atoms with Gasteiger partial charge in [0.2, 0.25) is 5.82 Å². The molecule has 2 aromatic carbocycles. The second-order valence-corrected chi connectivity index (χ2v) is 5.31. The number of amides is 1. The van der Waals surface area contributed by atoms with Gasteiger partial charge in [0, 0.05) is 9.79 Å². The quantitative estimate of drug-likeness (QED) is 0.775. The van der Waals surface area contributed by atoms with Gasteiger partial charge in [-0.15, -0.1) is 0 Å². The second kappa shape index (κ2) is 6.23. The smallest absolute Gasteiger partial charge is 0.293 e. The van der Waals surface area contributed by atoms with E-state index in [0.717, 1.165) is 15.5 Å². The molecule has 0 spiro atoms. The summed E-state index contributed by atoms with van der Waals surface area (Å²) < 4.78 is 0. The Morgan fingerprint density at radius 3 is 2.57 bits per heavy atom. The number of benzene rings is 2. The molecule has 0 unspecified atom stereocenters. The zero-order valence-corrected chi connectivity index (χ0v) is 11.8. The maximum atomic E-state index is 12.0. The van der Waals surface area contributed by atoms with E-state index in [0.29, 0.717) is 0 Å². The van der Waals surface area contributed by atoms with E-state index >= 15 is 0 Å². The van der Waals surface area contributed by atoms with E-state index in [4.69, 9.17) is 0 Å². The van der Waals surface area contributed by atoms with Gasteiger partial charge in [-0.2, -0.15) is 5.10 Å². The third-order valence-electron chi connectivity index (χ3n) is 2.74. The van der Waals surface area contributed by atoms with E-state index in [2.05, 4.69) is 20.5 Å². The highest BCUT2D eigenvalue weighted by atomic mass is 32.2. The molecule has 1 aromatic heterocycles. The zero-order chi connectivity index (χ0) is 14.5. The molecule has 3 aromatic rings. The number of aromatic nitrogens is 3. The fourth-order valence-corrected chi connectivity index (χ4v) is 2.69. The van der Waals surface area contributed by atoms with Crippen LogP contribution in [0.4, 0.5) is 5.69 Å². The molecule has 104 valence electrons. The van der Waals surface area contributed by atoms with Crippen LogP contribution >= 0.6 is 11.8 Å². The lowest BCUT2D eigenvalue weighted by atomic mass is 10.3. The summed E-state index contributed by atoms with van der Waals surface area (Å²) in [4.78, 5) is 17.9. The molecule has 0 bridgehead atoms. The molecule has 6 heteroatoms. The maximum Gasteiger partial charge on any atom is 0.293 e. The van der Waals surface area contributed by atoms with Gasteiger partial charge in [0.25, 0.3) is 5.91 Å². The van der Waals surface area contributed by atoms with Gasteiger partial charge in [0.05, 0.1) is 5.69 Å². The van der Waals surface area contributed by atoms with Crippen LogP contribution < -0.4 is 5.32 Å². The largest absolute Gasteiger partial charge is 0.318 e. The van der Waals surface area contributed by atoms with Gasteiger partial charge < -0.3 is 5.32 Å². The lowest BCUT2D eigenvalue weighted by molar-refractivity contribution is 0.101. The number of nitrogens with one attached hydrogen (secondary N) is 2. The molecule has 3 rings (SSSR count). The molecule has 21 heavy (non-hydrogen) atoms. The van der Waals surface area contributed by atoms with Crippen molar-refractivity contribution in [3.63, 3.8) is 0 Å². The minimum absolute atomic E-state index is 0.189. The molecular weight excluding hydrogens is 284 g/mol. The Bertz CT molecular complexity index is 728. The first-order valence-corrected chi connectivity index (χ1v) is 7.13. The molecule has 1 amide bonds. The lowest BCUT2D eigenvalue weighted by Crippen LogP contribution is -2.14. The topological polar surface area (TPSA) is 70.7 Å². The third-order valence-corrected chi connectivity index (χ3v) is 3.82. The number of anilines is 1. The van der Waals surface area contributed by atoms with Gasteiger partial charge in [-0.05, 0) is 24.3 Å². The number of hydrogen-bond donors (Lipinski definition) is 2. The van der Waals surface area contributed by atoms with Crippen LogP contribution in [0.1, 0.15) is 10.6 Å². The minimum Gasteiger partial charge on any atom is -0.318 e. The summed E-state index contributed by atoms with van der Waals surface area (Å²) in [5.41, 5.74) is 0.743. The summed E-state index contributed by atoms with van der Waals surface area (Å²) in [5, 5.41) is 9.06. The van der Waals surface area contributed by atoms with Crippen LogP contribution in [0.5, 0.6) is 0 Å². The SMILES string of the molecule is O=C(Nc1ccccc1Sc1ccccc1)c1ncn[nH]1. The van der Waals surface area contributed by atoms with E-state index in [1.807, 2.05) is 54.6 Å². The number of hydrogen-bond acceptors (Lipinski definition) is 4. The Kier molecular flexibility index (Phi) is 3.97. The van der Waals surface area contributed by atoms with Gasteiger partial charge in [-0.1, -0.05) is 42.1 Å². The normalized spacial score (nSPS) is 10.3. The van der Waals surface area contributed by atoms with E-state index in [1.165, 1.54) is 6.33 Å². The number of para-hydroxylation sites is 1. The van der Waals surface area contributed by atoms with Gasteiger partial charge in [0.15, 0.2) is 0 Å². The van der Waals surface area contributed by atoms with Crippen molar-refractivity contribution in [3.05, 3.63) is 66.7 Å². The predicted molar refractivity (Wildman–Crippen MR) is 81.3 cm³/mol. The number of aromatic amines is 1. The van der Waals surface area contributed by atoms with Crippen LogP contribution in [-0.4, -0.2) is 21.1 Å². The number of nitrogens with zero attached hydrogens (tertiary/aromatic N) is 2. The third kappa shape index (κ3) is 3.29. The lowest BCUT2D eigenvalue weighted by Gasteiger charge is -2.09. The van der Waals surface area contributed by atoms with E-state index in [1.54, 1.807) is 11.8 Å². The Hall–Kier alpha value is -2.60. The van der Waals surface area contributed by atoms with Crippen LogP contribution in [0.15, 0.2) is 70.7 Å². The van der Waals surface area contributed by atoms with Crippen molar-refractivity contribution in [2.75, 3.05) is 5.32 Å². The number of H-pyrrole nitrogens is 1. The summed E-state index contributed by atoms with van der Waals surface area (Å²) in [6.07, 6.45) is 1.31. The Morgan fingerprint density at radius 1 is 1.05 bits per heavy atom. The molecule has 0 aliphatic heterocycles. The number of rotatable bonds is 4. The van der Waals surface area contributed by atoms with Crippen molar-refractivity contribution >= 4 is 23.4 Å². The van der Waals surface area contributed by atoms with E-state index < -0.39 is 0 Å². The van der Waals surface area contributed by atoms with Crippen molar-refractivity contribution in [1.82, 2.24) is 15.2 Å². The highest BCUT2D eigenvalue weighted by Gasteiger charge is 2.11.